The molecule has 0 unspecified atom stereocenters. The van der Waals surface area contributed by atoms with Crippen LogP contribution < -0.4 is 0 Å². The Labute approximate surface area is 113 Å². The molecule has 5 heteroatoms. The lowest BCUT2D eigenvalue weighted by molar-refractivity contribution is -0.142. The molecular formula is C13H13BrO4. The summed E-state index contributed by atoms with van der Waals surface area (Å²) in [6.45, 7) is 1.89. The maximum absolute atomic E-state index is 11.6. The van der Waals surface area contributed by atoms with Crippen LogP contribution in [0.25, 0.3) is 6.08 Å². The summed E-state index contributed by atoms with van der Waals surface area (Å²) in [5.41, 5.74) is 0.871. The third-order valence-electron chi connectivity index (χ3n) is 2.07. The van der Waals surface area contributed by atoms with Crippen LogP contribution in [-0.2, 0) is 14.3 Å². The summed E-state index contributed by atoms with van der Waals surface area (Å²) >= 11 is 3.31. The largest absolute Gasteiger partial charge is 0.481 e. The van der Waals surface area contributed by atoms with Crippen molar-refractivity contribution in [1.82, 2.24) is 0 Å². The molecule has 0 saturated heterocycles. The molecule has 0 aromatic heterocycles. The van der Waals surface area contributed by atoms with Gasteiger partial charge < -0.3 is 9.84 Å². The maximum Gasteiger partial charge on any atom is 0.334 e. The second kappa shape index (κ2) is 6.96. The Morgan fingerprint density at radius 2 is 2.17 bits per heavy atom. The van der Waals surface area contributed by atoms with Crippen LogP contribution in [0.15, 0.2) is 34.3 Å². The van der Waals surface area contributed by atoms with Crippen LogP contribution in [0.3, 0.4) is 0 Å². The predicted molar refractivity (Wildman–Crippen MR) is 71.0 cm³/mol. The van der Waals surface area contributed by atoms with Gasteiger partial charge in [0.2, 0.25) is 0 Å². The average molecular weight is 313 g/mol. The van der Waals surface area contributed by atoms with Gasteiger partial charge in [-0.2, -0.15) is 0 Å². The summed E-state index contributed by atoms with van der Waals surface area (Å²) in [7, 11) is 0. The van der Waals surface area contributed by atoms with E-state index >= 15 is 0 Å². The lowest BCUT2D eigenvalue weighted by Gasteiger charge is -2.05. The summed E-state index contributed by atoms with van der Waals surface area (Å²) < 4.78 is 5.68. The fraction of sp³-hybridized carbons (Fsp3) is 0.231. The van der Waals surface area contributed by atoms with E-state index in [4.69, 9.17) is 9.84 Å². The Balaban J connectivity index is 3.01. The number of aliphatic carboxylic acids is 1. The van der Waals surface area contributed by atoms with Gasteiger partial charge in [0.1, 0.15) is 0 Å². The Morgan fingerprint density at radius 3 is 2.72 bits per heavy atom. The first-order valence-electron chi connectivity index (χ1n) is 5.38. The molecule has 96 valence electrons. The standard InChI is InChI=1S/C13H13BrO4/c1-2-18-13(17)10(8-12(15)16)6-9-4-3-5-11(14)7-9/h3-7H,2,8H2,1H3,(H,15,16). The molecule has 0 aliphatic rings. The Morgan fingerprint density at radius 1 is 1.44 bits per heavy atom. The minimum absolute atomic E-state index is 0.127. The minimum atomic E-state index is -1.07. The smallest absolute Gasteiger partial charge is 0.334 e. The van der Waals surface area contributed by atoms with Crippen molar-refractivity contribution < 1.29 is 19.4 Å². The number of hydrogen-bond donors (Lipinski definition) is 1. The van der Waals surface area contributed by atoms with Crippen molar-refractivity contribution in [3.05, 3.63) is 39.9 Å². The van der Waals surface area contributed by atoms with E-state index in [-0.39, 0.29) is 18.6 Å². The van der Waals surface area contributed by atoms with Crippen molar-refractivity contribution in [2.75, 3.05) is 6.61 Å². The zero-order valence-electron chi connectivity index (χ0n) is 9.85. The van der Waals surface area contributed by atoms with E-state index in [9.17, 15) is 9.59 Å². The van der Waals surface area contributed by atoms with Gasteiger partial charge >= 0.3 is 11.9 Å². The SMILES string of the molecule is CCOC(=O)C(=Cc1cccc(Br)c1)CC(=O)O. The highest BCUT2D eigenvalue weighted by molar-refractivity contribution is 9.10. The second-order valence-electron chi connectivity index (χ2n) is 3.52. The molecule has 0 aliphatic carbocycles. The van der Waals surface area contributed by atoms with Crippen molar-refractivity contribution in [3.63, 3.8) is 0 Å². The molecule has 0 aliphatic heterocycles. The van der Waals surface area contributed by atoms with Crippen molar-refractivity contribution in [2.45, 2.75) is 13.3 Å². The quantitative estimate of drug-likeness (QED) is 0.670. The number of rotatable bonds is 5. The molecule has 1 rings (SSSR count). The van der Waals surface area contributed by atoms with Crippen molar-refractivity contribution in [2.24, 2.45) is 0 Å². The lowest BCUT2D eigenvalue weighted by atomic mass is 10.1. The fourth-order valence-electron chi connectivity index (χ4n) is 1.37. The fourth-order valence-corrected chi connectivity index (χ4v) is 1.78. The molecule has 4 nitrogen and oxygen atoms in total. The van der Waals surface area contributed by atoms with Gasteiger partial charge in [0.05, 0.1) is 13.0 Å². The lowest BCUT2D eigenvalue weighted by Crippen LogP contribution is -2.11. The third-order valence-corrected chi connectivity index (χ3v) is 2.56. The first kappa shape index (κ1) is 14.4. The van der Waals surface area contributed by atoms with E-state index in [1.54, 1.807) is 25.1 Å². The molecule has 18 heavy (non-hydrogen) atoms. The molecule has 1 aromatic rings. The zero-order chi connectivity index (χ0) is 13.5. The van der Waals surface area contributed by atoms with E-state index < -0.39 is 11.9 Å². The number of halogens is 1. The van der Waals surface area contributed by atoms with Gasteiger partial charge in [-0.15, -0.1) is 0 Å². The number of ether oxygens (including phenoxy) is 1. The van der Waals surface area contributed by atoms with E-state index in [2.05, 4.69) is 15.9 Å². The number of carbonyl (C=O) groups is 2. The maximum atomic E-state index is 11.6. The number of carbonyl (C=O) groups excluding carboxylic acids is 1. The monoisotopic (exact) mass is 312 g/mol. The van der Waals surface area contributed by atoms with Crippen LogP contribution in [0.2, 0.25) is 0 Å². The van der Waals surface area contributed by atoms with E-state index in [1.165, 1.54) is 6.08 Å². The molecule has 0 spiro atoms. The van der Waals surface area contributed by atoms with Crippen molar-refractivity contribution in [3.8, 4) is 0 Å². The number of hydrogen-bond acceptors (Lipinski definition) is 3. The van der Waals surface area contributed by atoms with Crippen LogP contribution >= 0.6 is 15.9 Å². The third kappa shape index (κ3) is 4.71. The summed E-state index contributed by atoms with van der Waals surface area (Å²) in [6.07, 6.45) is 1.17. The summed E-state index contributed by atoms with van der Waals surface area (Å²) in [4.78, 5) is 22.3. The van der Waals surface area contributed by atoms with Gasteiger partial charge in [-0.1, -0.05) is 28.1 Å². The average Bonchev–Trinajstić information content (AvgIpc) is 2.28. The highest BCUT2D eigenvalue weighted by Crippen LogP contribution is 2.16. The van der Waals surface area contributed by atoms with Gasteiger partial charge in [-0.25, -0.2) is 4.79 Å². The molecule has 0 heterocycles. The van der Waals surface area contributed by atoms with Gasteiger partial charge in [0.25, 0.3) is 0 Å². The molecule has 0 fully saturated rings. The Hall–Kier alpha value is -1.62. The zero-order valence-corrected chi connectivity index (χ0v) is 11.4. The summed E-state index contributed by atoms with van der Waals surface area (Å²) in [6, 6.07) is 7.23. The van der Waals surface area contributed by atoms with Gasteiger partial charge in [-0.05, 0) is 30.7 Å². The van der Waals surface area contributed by atoms with Gasteiger partial charge in [0, 0.05) is 10.0 Å². The van der Waals surface area contributed by atoms with E-state index in [1.807, 2.05) is 6.07 Å². The molecule has 1 aromatic carbocycles. The van der Waals surface area contributed by atoms with Gasteiger partial charge in [0.15, 0.2) is 0 Å². The normalized spacial score (nSPS) is 11.1. The molecule has 0 bridgehead atoms. The molecule has 1 N–H and O–H groups in total. The highest BCUT2D eigenvalue weighted by Gasteiger charge is 2.14. The number of carboxylic acid groups (broad SMARTS) is 1. The van der Waals surface area contributed by atoms with Gasteiger partial charge in [-0.3, -0.25) is 4.79 Å². The highest BCUT2D eigenvalue weighted by atomic mass is 79.9. The van der Waals surface area contributed by atoms with E-state index in [0.717, 1.165) is 10.0 Å². The summed E-state index contributed by atoms with van der Waals surface area (Å²) in [5.74, 6) is -1.66. The van der Waals surface area contributed by atoms with Crippen molar-refractivity contribution in [1.29, 1.82) is 0 Å². The molecule has 0 atom stereocenters. The predicted octanol–water partition coefficient (Wildman–Crippen LogP) is 2.87. The van der Waals surface area contributed by atoms with Crippen LogP contribution in [0.4, 0.5) is 0 Å². The molecule has 0 radical (unpaired) electrons. The molecular weight excluding hydrogens is 300 g/mol. The number of esters is 1. The Kier molecular flexibility index (Phi) is 5.58. The molecule has 0 amide bonds. The second-order valence-corrected chi connectivity index (χ2v) is 4.43. The van der Waals surface area contributed by atoms with E-state index in [0.29, 0.717) is 0 Å². The Bertz CT molecular complexity index is 480. The first-order valence-corrected chi connectivity index (χ1v) is 6.17. The van der Waals surface area contributed by atoms with Crippen LogP contribution in [0.1, 0.15) is 18.9 Å². The topological polar surface area (TPSA) is 63.6 Å². The van der Waals surface area contributed by atoms with Crippen LogP contribution in [0.5, 0.6) is 0 Å². The molecule has 0 saturated carbocycles. The minimum Gasteiger partial charge on any atom is -0.481 e. The van der Waals surface area contributed by atoms with Crippen LogP contribution in [0, 0.1) is 0 Å². The number of benzene rings is 1. The summed E-state index contributed by atoms with van der Waals surface area (Å²) in [5, 5.41) is 8.78. The van der Waals surface area contributed by atoms with Crippen LogP contribution in [-0.4, -0.2) is 23.7 Å². The van der Waals surface area contributed by atoms with Crippen molar-refractivity contribution >= 4 is 33.9 Å². The first-order chi connectivity index (χ1) is 8.52. The number of carboxylic acids is 1.